The maximum Gasteiger partial charge on any atom is 0.212 e. The van der Waals surface area contributed by atoms with Gasteiger partial charge in [0.25, 0.3) is 0 Å². The number of halogens is 1. The van der Waals surface area contributed by atoms with Gasteiger partial charge in [0.15, 0.2) is 11.4 Å². The summed E-state index contributed by atoms with van der Waals surface area (Å²) in [6.07, 6.45) is 0. The van der Waals surface area contributed by atoms with Crippen LogP contribution in [0.15, 0.2) is 46.9 Å². The van der Waals surface area contributed by atoms with Gasteiger partial charge >= 0.3 is 0 Å². The third kappa shape index (κ3) is 2.41. The van der Waals surface area contributed by atoms with Crippen LogP contribution >= 0.6 is 0 Å². The molecule has 1 heterocycles. The fraction of sp³-hybridized carbons (Fsp3) is 0.118. The molecule has 2 aromatic carbocycles. The number of rotatable bonds is 3. The molecule has 1 aromatic heterocycles. The van der Waals surface area contributed by atoms with Crippen molar-refractivity contribution in [3.63, 3.8) is 0 Å². The van der Waals surface area contributed by atoms with Crippen molar-refractivity contribution in [2.75, 3.05) is 14.2 Å². The Hall–Kier alpha value is -2.82. The zero-order valence-corrected chi connectivity index (χ0v) is 12.1. The fourth-order valence-electron chi connectivity index (χ4n) is 2.35. The molecular weight excluding hydrogens is 285 g/mol. The Bertz CT molecular complexity index is 902. The lowest BCUT2D eigenvalue weighted by molar-refractivity contribution is 0.395. The van der Waals surface area contributed by atoms with Crippen molar-refractivity contribution in [1.29, 1.82) is 5.41 Å². The highest BCUT2D eigenvalue weighted by atomic mass is 19.1. The van der Waals surface area contributed by atoms with Gasteiger partial charge in [-0.3, -0.25) is 5.41 Å². The molecule has 0 amide bonds. The highest BCUT2D eigenvalue weighted by molar-refractivity contribution is 5.85. The van der Waals surface area contributed by atoms with E-state index in [-0.39, 0.29) is 11.1 Å². The lowest BCUT2D eigenvalue weighted by Gasteiger charge is -2.11. The zero-order valence-electron chi connectivity index (χ0n) is 12.1. The van der Waals surface area contributed by atoms with Gasteiger partial charge in [0.05, 0.1) is 14.2 Å². The summed E-state index contributed by atoms with van der Waals surface area (Å²) in [5.41, 5.74) is 1.40. The molecule has 0 radical (unpaired) electrons. The summed E-state index contributed by atoms with van der Waals surface area (Å²) in [5, 5.41) is 8.02. The first-order valence-electron chi connectivity index (χ1n) is 6.63. The van der Waals surface area contributed by atoms with Crippen LogP contribution in [0.25, 0.3) is 22.1 Å². The largest absolute Gasteiger partial charge is 0.497 e. The van der Waals surface area contributed by atoms with Gasteiger partial charge in [-0.15, -0.1) is 0 Å². The second kappa shape index (κ2) is 5.52. The molecule has 0 aliphatic carbocycles. The minimum absolute atomic E-state index is 0.0729. The summed E-state index contributed by atoms with van der Waals surface area (Å²) in [4.78, 5) is 0. The topological polar surface area (TPSA) is 55.5 Å². The molecule has 4 nitrogen and oxygen atoms in total. The van der Waals surface area contributed by atoms with Gasteiger partial charge < -0.3 is 13.9 Å². The number of ether oxygens (including phenoxy) is 2. The van der Waals surface area contributed by atoms with Crippen LogP contribution in [0.2, 0.25) is 0 Å². The Morgan fingerprint density at radius 1 is 1.00 bits per heavy atom. The predicted octanol–water partition coefficient (Wildman–Crippen LogP) is 3.74. The molecule has 0 atom stereocenters. The van der Waals surface area contributed by atoms with Crippen molar-refractivity contribution in [1.82, 2.24) is 0 Å². The van der Waals surface area contributed by atoms with Gasteiger partial charge in [-0.2, -0.15) is 0 Å². The van der Waals surface area contributed by atoms with Crippen molar-refractivity contribution in [3.05, 3.63) is 53.8 Å². The number of benzene rings is 2. The summed E-state index contributed by atoms with van der Waals surface area (Å²) in [7, 11) is 3.13. The number of methoxy groups -OCH3 is 2. The van der Waals surface area contributed by atoms with E-state index in [4.69, 9.17) is 19.3 Å². The number of nitrogens with one attached hydrogen (secondary N) is 1. The molecule has 5 heteroatoms. The summed E-state index contributed by atoms with van der Waals surface area (Å²) < 4.78 is 29.9. The summed E-state index contributed by atoms with van der Waals surface area (Å²) in [6.45, 7) is 0. The van der Waals surface area contributed by atoms with E-state index in [1.54, 1.807) is 38.5 Å². The normalized spacial score (nSPS) is 10.7. The quantitative estimate of drug-likeness (QED) is 0.801. The van der Waals surface area contributed by atoms with Crippen molar-refractivity contribution in [2.45, 2.75) is 0 Å². The Morgan fingerprint density at radius 3 is 2.55 bits per heavy atom. The van der Waals surface area contributed by atoms with Gasteiger partial charge in [-0.05, 0) is 35.9 Å². The van der Waals surface area contributed by atoms with Crippen molar-refractivity contribution >= 4 is 11.0 Å². The lowest BCUT2D eigenvalue weighted by Crippen LogP contribution is -1.97. The molecule has 0 spiro atoms. The van der Waals surface area contributed by atoms with Crippen molar-refractivity contribution < 1.29 is 18.3 Å². The number of hydrogen-bond acceptors (Lipinski definition) is 4. The van der Waals surface area contributed by atoms with Crippen LogP contribution in [-0.2, 0) is 0 Å². The Labute approximate surface area is 126 Å². The number of hydrogen-bond donors (Lipinski definition) is 1. The van der Waals surface area contributed by atoms with Gasteiger partial charge in [-0.25, -0.2) is 4.39 Å². The summed E-state index contributed by atoms with van der Waals surface area (Å²) >= 11 is 0. The van der Waals surface area contributed by atoms with Gasteiger partial charge in [0.1, 0.15) is 11.5 Å². The summed E-state index contributed by atoms with van der Waals surface area (Å²) in [5.74, 6) is 0.738. The van der Waals surface area contributed by atoms with E-state index in [0.29, 0.717) is 22.4 Å². The molecule has 0 saturated heterocycles. The van der Waals surface area contributed by atoms with E-state index in [1.807, 2.05) is 6.07 Å². The van der Waals surface area contributed by atoms with E-state index in [0.717, 1.165) is 5.56 Å². The third-order valence-corrected chi connectivity index (χ3v) is 3.42. The molecule has 0 fully saturated rings. The molecule has 0 aliphatic heterocycles. The molecule has 3 aromatic rings. The van der Waals surface area contributed by atoms with E-state index in [9.17, 15) is 4.39 Å². The molecule has 3 rings (SSSR count). The van der Waals surface area contributed by atoms with Crippen LogP contribution in [0.3, 0.4) is 0 Å². The van der Waals surface area contributed by atoms with E-state index in [2.05, 4.69) is 0 Å². The van der Waals surface area contributed by atoms with Crippen LogP contribution in [-0.4, -0.2) is 14.2 Å². The van der Waals surface area contributed by atoms with E-state index in [1.165, 1.54) is 12.1 Å². The molecule has 0 unspecified atom stereocenters. The third-order valence-electron chi connectivity index (χ3n) is 3.42. The standard InChI is InChI=1S/C17H14FNO3/c1-20-12-4-5-13(15(9-12)21-2)11-7-10-3-6-16(19)22-17(10)14(18)8-11/h3-9,19H,1-2H3. The first-order chi connectivity index (χ1) is 10.6. The Morgan fingerprint density at radius 2 is 1.82 bits per heavy atom. The van der Waals surface area contributed by atoms with Crippen LogP contribution in [0.1, 0.15) is 0 Å². The monoisotopic (exact) mass is 299 g/mol. The van der Waals surface area contributed by atoms with Gasteiger partial charge in [-0.1, -0.05) is 0 Å². The average Bonchev–Trinajstić information content (AvgIpc) is 2.54. The first-order valence-corrected chi connectivity index (χ1v) is 6.63. The van der Waals surface area contributed by atoms with Crippen molar-refractivity contribution in [2.24, 2.45) is 0 Å². The molecule has 22 heavy (non-hydrogen) atoms. The molecule has 0 aliphatic rings. The fourth-order valence-corrected chi connectivity index (χ4v) is 2.35. The minimum atomic E-state index is -0.514. The molecule has 0 bridgehead atoms. The zero-order chi connectivity index (χ0) is 15.7. The maximum absolute atomic E-state index is 14.3. The SMILES string of the molecule is COc1ccc(-c2cc(F)c3oc(=N)ccc3c2)c(OC)c1. The van der Waals surface area contributed by atoms with Crippen LogP contribution in [0, 0.1) is 11.2 Å². The van der Waals surface area contributed by atoms with Crippen LogP contribution in [0.4, 0.5) is 4.39 Å². The van der Waals surface area contributed by atoms with Gasteiger partial charge in [0, 0.05) is 23.1 Å². The molecular formula is C17H14FNO3. The second-order valence-electron chi connectivity index (χ2n) is 4.74. The molecule has 1 N–H and O–H groups in total. The first kappa shape index (κ1) is 14.1. The maximum atomic E-state index is 14.3. The second-order valence-corrected chi connectivity index (χ2v) is 4.74. The number of fused-ring (bicyclic) bond motifs is 1. The predicted molar refractivity (Wildman–Crippen MR) is 80.6 cm³/mol. The van der Waals surface area contributed by atoms with E-state index >= 15 is 0 Å². The van der Waals surface area contributed by atoms with E-state index < -0.39 is 5.82 Å². The van der Waals surface area contributed by atoms with Gasteiger partial charge in [0.2, 0.25) is 5.55 Å². The highest BCUT2D eigenvalue weighted by Crippen LogP contribution is 2.35. The smallest absolute Gasteiger partial charge is 0.212 e. The van der Waals surface area contributed by atoms with Crippen LogP contribution < -0.4 is 15.0 Å². The lowest BCUT2D eigenvalue weighted by atomic mass is 10.0. The molecule has 0 saturated carbocycles. The Kier molecular flexibility index (Phi) is 3.55. The van der Waals surface area contributed by atoms with Crippen molar-refractivity contribution in [3.8, 4) is 22.6 Å². The van der Waals surface area contributed by atoms with Crippen LogP contribution in [0.5, 0.6) is 11.5 Å². The average molecular weight is 299 g/mol. The summed E-state index contributed by atoms with van der Waals surface area (Å²) in [6, 6.07) is 11.7. The Balaban J connectivity index is 2.22. The molecule has 112 valence electrons. The minimum Gasteiger partial charge on any atom is -0.497 e. The highest BCUT2D eigenvalue weighted by Gasteiger charge is 2.12.